The lowest BCUT2D eigenvalue weighted by Gasteiger charge is -2.07. The molecule has 0 aliphatic carbocycles. The zero-order chi connectivity index (χ0) is 15.4. The zero-order valence-corrected chi connectivity index (χ0v) is 13.5. The molecule has 1 aromatic heterocycles. The van der Waals surface area contributed by atoms with E-state index in [0.717, 1.165) is 24.4 Å². The fourth-order valence-corrected chi connectivity index (χ4v) is 2.71. The maximum Gasteiger partial charge on any atom is 0.201 e. The van der Waals surface area contributed by atoms with Crippen molar-refractivity contribution in [2.75, 3.05) is 5.73 Å². The molecule has 1 aromatic carbocycles. The van der Waals surface area contributed by atoms with E-state index in [9.17, 15) is 4.39 Å². The summed E-state index contributed by atoms with van der Waals surface area (Å²) in [6, 6.07) is 2.95. The number of nitrogens with zero attached hydrogens (tertiary/aromatic N) is 2. The molecule has 0 fully saturated rings. The Kier molecular flexibility index (Phi) is 5.45. The molecule has 0 atom stereocenters. The number of hydrogen-bond donors (Lipinski definition) is 1. The molecule has 116 valence electrons. The van der Waals surface area contributed by atoms with Crippen molar-refractivity contribution in [2.45, 2.75) is 52.5 Å². The number of hydrogen-bond acceptors (Lipinski definition) is 2. The van der Waals surface area contributed by atoms with Crippen LogP contribution in [-0.2, 0) is 6.54 Å². The van der Waals surface area contributed by atoms with Crippen LogP contribution in [0.3, 0.4) is 0 Å². The molecular formula is C16H23ClFN3. The molecule has 2 rings (SSSR count). The molecule has 21 heavy (non-hydrogen) atoms. The maximum absolute atomic E-state index is 13.4. The quantitative estimate of drug-likeness (QED) is 0.730. The van der Waals surface area contributed by atoms with Crippen LogP contribution in [0, 0.1) is 11.7 Å². The molecule has 0 radical (unpaired) electrons. The van der Waals surface area contributed by atoms with Gasteiger partial charge in [-0.25, -0.2) is 9.37 Å². The van der Waals surface area contributed by atoms with Crippen molar-refractivity contribution in [3.63, 3.8) is 0 Å². The average molecular weight is 312 g/mol. The summed E-state index contributed by atoms with van der Waals surface area (Å²) in [5.74, 6) is 0.742. The lowest BCUT2D eigenvalue weighted by molar-refractivity contribution is 0.508. The molecule has 0 spiro atoms. The predicted octanol–water partition coefficient (Wildman–Crippen LogP) is 5.02. The molecule has 0 bridgehead atoms. The number of benzene rings is 1. The molecule has 5 heteroatoms. The first-order chi connectivity index (χ1) is 9.99. The molecule has 3 nitrogen and oxygen atoms in total. The standard InChI is InChI=1S/C16H23ClFN3/c1-11(2)7-5-3-4-6-8-21-15-9-12(17)13(18)10-14(15)20-16(21)19/h9-11H,3-8H2,1-2H3,(H2,19,20). The Balaban J connectivity index is 1.95. The molecule has 2 N–H and O–H groups in total. The van der Waals surface area contributed by atoms with Crippen molar-refractivity contribution >= 4 is 28.6 Å². The van der Waals surface area contributed by atoms with E-state index in [1.807, 2.05) is 4.57 Å². The Morgan fingerprint density at radius 3 is 2.67 bits per heavy atom. The van der Waals surface area contributed by atoms with E-state index in [1.54, 1.807) is 6.07 Å². The summed E-state index contributed by atoms with van der Waals surface area (Å²) in [5.41, 5.74) is 7.29. The topological polar surface area (TPSA) is 43.8 Å². The largest absolute Gasteiger partial charge is 0.369 e. The number of anilines is 1. The highest BCUT2D eigenvalue weighted by Crippen LogP contribution is 2.25. The van der Waals surface area contributed by atoms with Crippen molar-refractivity contribution in [3.05, 3.63) is 23.0 Å². The van der Waals surface area contributed by atoms with Gasteiger partial charge in [0.2, 0.25) is 5.95 Å². The van der Waals surface area contributed by atoms with Crippen molar-refractivity contribution in [1.29, 1.82) is 0 Å². The average Bonchev–Trinajstić information content (AvgIpc) is 2.70. The minimum Gasteiger partial charge on any atom is -0.369 e. The summed E-state index contributed by atoms with van der Waals surface area (Å²) in [6.07, 6.45) is 6.00. The van der Waals surface area contributed by atoms with Crippen molar-refractivity contribution in [1.82, 2.24) is 9.55 Å². The summed E-state index contributed by atoms with van der Waals surface area (Å²) in [4.78, 5) is 4.20. The number of nitrogens with two attached hydrogens (primary N) is 1. The number of aryl methyl sites for hydroxylation is 1. The monoisotopic (exact) mass is 311 g/mol. The molecule has 0 aliphatic heterocycles. The van der Waals surface area contributed by atoms with Crippen LogP contribution in [0.2, 0.25) is 5.02 Å². The SMILES string of the molecule is CC(C)CCCCCCn1c(N)nc2cc(F)c(Cl)cc21. The van der Waals surface area contributed by atoms with E-state index < -0.39 is 5.82 Å². The first-order valence-corrected chi connectivity index (χ1v) is 7.97. The smallest absolute Gasteiger partial charge is 0.201 e. The fourth-order valence-electron chi connectivity index (χ4n) is 2.55. The number of nitrogen functional groups attached to an aromatic ring is 1. The summed E-state index contributed by atoms with van der Waals surface area (Å²) >= 11 is 5.84. The molecular weight excluding hydrogens is 289 g/mol. The summed E-state index contributed by atoms with van der Waals surface area (Å²) in [6.45, 7) is 5.30. The van der Waals surface area contributed by atoms with Gasteiger partial charge in [0.1, 0.15) is 5.82 Å². The number of unbranched alkanes of at least 4 members (excludes halogenated alkanes) is 3. The molecule has 0 unspecified atom stereocenters. The lowest BCUT2D eigenvalue weighted by atomic mass is 10.0. The van der Waals surface area contributed by atoms with Gasteiger partial charge in [-0.15, -0.1) is 0 Å². The fraction of sp³-hybridized carbons (Fsp3) is 0.562. The summed E-state index contributed by atoms with van der Waals surface area (Å²) in [5, 5.41) is 0.112. The summed E-state index contributed by atoms with van der Waals surface area (Å²) < 4.78 is 15.3. The van der Waals surface area contributed by atoms with Gasteiger partial charge in [-0.3, -0.25) is 0 Å². The van der Waals surface area contributed by atoms with Crippen molar-refractivity contribution in [3.8, 4) is 0 Å². The molecule has 1 heterocycles. The summed E-state index contributed by atoms with van der Waals surface area (Å²) in [7, 11) is 0. The van der Waals surface area contributed by atoms with Gasteiger partial charge in [0, 0.05) is 12.6 Å². The second kappa shape index (κ2) is 7.12. The zero-order valence-electron chi connectivity index (χ0n) is 12.7. The minimum atomic E-state index is -0.456. The number of aromatic nitrogens is 2. The van der Waals surface area contributed by atoms with Crippen LogP contribution in [0.5, 0.6) is 0 Å². The normalized spacial score (nSPS) is 11.7. The third-order valence-corrected chi connectivity index (χ3v) is 4.02. The molecule has 0 saturated heterocycles. The Labute approximate surface area is 130 Å². The van der Waals surface area contributed by atoms with Gasteiger partial charge in [0.05, 0.1) is 16.1 Å². The second-order valence-corrected chi connectivity index (χ2v) is 6.38. The highest BCUT2D eigenvalue weighted by Gasteiger charge is 2.11. The van der Waals surface area contributed by atoms with Gasteiger partial charge in [0.15, 0.2) is 0 Å². The Morgan fingerprint density at radius 2 is 1.95 bits per heavy atom. The van der Waals surface area contributed by atoms with E-state index in [4.69, 9.17) is 17.3 Å². The highest BCUT2D eigenvalue weighted by atomic mass is 35.5. The van der Waals surface area contributed by atoms with Gasteiger partial charge in [-0.2, -0.15) is 0 Å². The number of fused-ring (bicyclic) bond motifs is 1. The third-order valence-electron chi connectivity index (χ3n) is 3.73. The number of rotatable bonds is 7. The number of halogens is 2. The van der Waals surface area contributed by atoms with E-state index in [-0.39, 0.29) is 5.02 Å². The molecule has 0 amide bonds. The molecule has 0 saturated carbocycles. The van der Waals surface area contributed by atoms with Gasteiger partial charge >= 0.3 is 0 Å². The first kappa shape index (κ1) is 16.1. The van der Waals surface area contributed by atoms with Gasteiger partial charge in [0.25, 0.3) is 0 Å². The second-order valence-electron chi connectivity index (χ2n) is 5.97. The molecule has 2 aromatic rings. The highest BCUT2D eigenvalue weighted by molar-refractivity contribution is 6.31. The van der Waals surface area contributed by atoms with E-state index in [0.29, 0.717) is 11.5 Å². The Bertz CT molecular complexity index is 607. The van der Waals surface area contributed by atoms with Crippen molar-refractivity contribution < 1.29 is 4.39 Å². The van der Waals surface area contributed by atoms with Crippen molar-refractivity contribution in [2.24, 2.45) is 5.92 Å². The van der Waals surface area contributed by atoms with Gasteiger partial charge < -0.3 is 10.3 Å². The van der Waals surface area contributed by atoms with Crippen LogP contribution < -0.4 is 5.73 Å². The van der Waals surface area contributed by atoms with Gasteiger partial charge in [-0.1, -0.05) is 51.1 Å². The van der Waals surface area contributed by atoms with Crippen LogP contribution in [0.4, 0.5) is 10.3 Å². The van der Waals surface area contributed by atoms with E-state index >= 15 is 0 Å². The van der Waals surface area contributed by atoms with Crippen LogP contribution in [-0.4, -0.2) is 9.55 Å². The lowest BCUT2D eigenvalue weighted by Crippen LogP contribution is -2.03. The number of imidazole rings is 1. The van der Waals surface area contributed by atoms with E-state index in [1.165, 1.54) is 31.7 Å². The maximum atomic E-state index is 13.4. The van der Waals surface area contributed by atoms with Crippen LogP contribution in [0.15, 0.2) is 12.1 Å². The Hall–Kier alpha value is -1.29. The van der Waals surface area contributed by atoms with Gasteiger partial charge in [-0.05, 0) is 18.4 Å². The van der Waals surface area contributed by atoms with Crippen LogP contribution in [0.1, 0.15) is 46.0 Å². The third kappa shape index (κ3) is 4.10. The van der Waals surface area contributed by atoms with E-state index in [2.05, 4.69) is 18.8 Å². The van der Waals surface area contributed by atoms with Crippen LogP contribution >= 0.6 is 11.6 Å². The Morgan fingerprint density at radius 1 is 1.24 bits per heavy atom. The molecule has 0 aliphatic rings. The first-order valence-electron chi connectivity index (χ1n) is 7.59. The minimum absolute atomic E-state index is 0.112. The van der Waals surface area contributed by atoms with Crippen LogP contribution in [0.25, 0.3) is 11.0 Å². The predicted molar refractivity (Wildman–Crippen MR) is 87.0 cm³/mol.